The molecule has 0 spiro atoms. The Balaban J connectivity index is 2.04. The summed E-state index contributed by atoms with van der Waals surface area (Å²) < 4.78 is 7.58. The van der Waals surface area contributed by atoms with Crippen LogP contribution >= 0.6 is 0 Å². The van der Waals surface area contributed by atoms with Crippen LogP contribution in [0.5, 0.6) is 5.88 Å². The number of hydrogen-bond donors (Lipinski definition) is 1. The Morgan fingerprint density at radius 1 is 1.14 bits per heavy atom. The molecule has 0 bridgehead atoms. The van der Waals surface area contributed by atoms with Crippen molar-refractivity contribution in [2.24, 2.45) is 5.73 Å². The van der Waals surface area contributed by atoms with E-state index in [4.69, 9.17) is 10.5 Å². The normalized spacial score (nSPS) is 11.0. The molecular weight excluding hydrogens is 262 g/mol. The van der Waals surface area contributed by atoms with Gasteiger partial charge in [-0.1, -0.05) is 24.3 Å². The van der Waals surface area contributed by atoms with Gasteiger partial charge in [0.1, 0.15) is 0 Å². The first-order chi connectivity index (χ1) is 10.3. The second-order valence-electron chi connectivity index (χ2n) is 5.01. The topological polar surface area (TPSA) is 53.1 Å². The van der Waals surface area contributed by atoms with E-state index in [1.54, 1.807) is 13.3 Å². The van der Waals surface area contributed by atoms with Crippen LogP contribution in [0, 0.1) is 0 Å². The van der Waals surface area contributed by atoms with Crippen LogP contribution in [-0.4, -0.2) is 23.2 Å². The number of fused-ring (bicyclic) bond motifs is 1. The highest BCUT2D eigenvalue weighted by Gasteiger charge is 2.10. The van der Waals surface area contributed by atoms with Crippen LogP contribution < -0.4 is 10.5 Å². The number of hydrogen-bond acceptors (Lipinski definition) is 3. The summed E-state index contributed by atoms with van der Waals surface area (Å²) in [6.07, 6.45) is 4.82. The lowest BCUT2D eigenvalue weighted by molar-refractivity contribution is 0.391. The quantitative estimate of drug-likeness (QED) is 0.782. The van der Waals surface area contributed by atoms with Gasteiger partial charge in [-0.15, -0.1) is 0 Å². The van der Waals surface area contributed by atoms with Crippen LogP contribution in [-0.2, 0) is 13.0 Å². The van der Waals surface area contributed by atoms with Crippen molar-refractivity contribution in [3.63, 3.8) is 0 Å². The average molecular weight is 281 g/mol. The zero-order chi connectivity index (χ0) is 14.7. The van der Waals surface area contributed by atoms with Gasteiger partial charge in [-0.2, -0.15) is 0 Å². The van der Waals surface area contributed by atoms with E-state index in [1.807, 2.05) is 12.1 Å². The van der Waals surface area contributed by atoms with Crippen molar-refractivity contribution in [1.29, 1.82) is 0 Å². The summed E-state index contributed by atoms with van der Waals surface area (Å²) in [5, 5.41) is 1.27. The SMILES string of the molecule is COc1ncccc1Cn1cc(CCN)c2ccccc21. The Hall–Kier alpha value is -2.33. The molecule has 0 unspecified atom stereocenters. The second kappa shape index (κ2) is 5.97. The molecule has 0 atom stereocenters. The standard InChI is InChI=1S/C17H19N3O/c1-21-17-14(5-4-10-19-17)12-20-11-13(8-9-18)15-6-2-3-7-16(15)20/h2-7,10-11H,8-9,12,18H2,1H3. The van der Waals surface area contributed by atoms with E-state index in [0.717, 1.165) is 18.5 Å². The summed E-state index contributed by atoms with van der Waals surface area (Å²) in [4.78, 5) is 4.26. The first-order valence-corrected chi connectivity index (χ1v) is 7.08. The number of benzene rings is 1. The smallest absolute Gasteiger partial charge is 0.218 e. The molecule has 0 saturated carbocycles. The highest BCUT2D eigenvalue weighted by Crippen LogP contribution is 2.24. The van der Waals surface area contributed by atoms with Crippen LogP contribution in [0.1, 0.15) is 11.1 Å². The number of methoxy groups -OCH3 is 1. The minimum atomic E-state index is 0.657. The number of aromatic nitrogens is 2. The van der Waals surface area contributed by atoms with E-state index >= 15 is 0 Å². The van der Waals surface area contributed by atoms with E-state index in [-0.39, 0.29) is 0 Å². The molecule has 2 aromatic heterocycles. The molecule has 0 aliphatic rings. The van der Waals surface area contributed by atoms with Gasteiger partial charge in [-0.3, -0.25) is 0 Å². The third-order valence-corrected chi connectivity index (χ3v) is 3.67. The predicted molar refractivity (Wildman–Crippen MR) is 84.6 cm³/mol. The number of nitrogens with zero attached hydrogens (tertiary/aromatic N) is 2. The monoisotopic (exact) mass is 281 g/mol. The number of pyridine rings is 1. The number of ether oxygens (including phenoxy) is 1. The Morgan fingerprint density at radius 2 is 2.00 bits per heavy atom. The van der Waals surface area contributed by atoms with Crippen molar-refractivity contribution < 1.29 is 4.74 Å². The predicted octanol–water partition coefficient (Wildman–Crippen LogP) is 2.59. The summed E-state index contributed by atoms with van der Waals surface area (Å²) in [7, 11) is 1.65. The fourth-order valence-electron chi connectivity index (χ4n) is 2.72. The molecule has 2 heterocycles. The van der Waals surface area contributed by atoms with Gasteiger partial charge in [0, 0.05) is 28.9 Å². The molecule has 0 aliphatic carbocycles. The lowest BCUT2D eigenvalue weighted by Crippen LogP contribution is -2.03. The lowest BCUT2D eigenvalue weighted by Gasteiger charge is -2.09. The van der Waals surface area contributed by atoms with E-state index in [9.17, 15) is 0 Å². The zero-order valence-corrected chi connectivity index (χ0v) is 12.1. The Kier molecular flexibility index (Phi) is 3.88. The van der Waals surface area contributed by atoms with Crippen molar-refractivity contribution in [3.8, 4) is 5.88 Å². The first-order valence-electron chi connectivity index (χ1n) is 7.08. The fraction of sp³-hybridized carbons (Fsp3) is 0.235. The van der Waals surface area contributed by atoms with E-state index < -0.39 is 0 Å². The van der Waals surface area contributed by atoms with Gasteiger partial charge in [0.25, 0.3) is 0 Å². The number of para-hydroxylation sites is 1. The van der Waals surface area contributed by atoms with E-state index in [1.165, 1.54) is 16.5 Å². The van der Waals surface area contributed by atoms with Crippen molar-refractivity contribution in [3.05, 3.63) is 59.9 Å². The molecule has 2 N–H and O–H groups in total. The summed E-state index contributed by atoms with van der Waals surface area (Å²) in [5.74, 6) is 0.677. The van der Waals surface area contributed by atoms with Gasteiger partial charge in [0.05, 0.1) is 13.7 Å². The molecule has 21 heavy (non-hydrogen) atoms. The summed E-state index contributed by atoms with van der Waals surface area (Å²) in [6.45, 7) is 1.40. The molecule has 0 fully saturated rings. The maximum atomic E-state index is 5.72. The minimum Gasteiger partial charge on any atom is -0.481 e. The maximum absolute atomic E-state index is 5.72. The fourth-order valence-corrected chi connectivity index (χ4v) is 2.72. The maximum Gasteiger partial charge on any atom is 0.218 e. The summed E-state index contributed by atoms with van der Waals surface area (Å²) in [5.41, 5.74) is 9.29. The van der Waals surface area contributed by atoms with Gasteiger partial charge in [0.2, 0.25) is 5.88 Å². The van der Waals surface area contributed by atoms with Gasteiger partial charge in [0.15, 0.2) is 0 Å². The van der Waals surface area contributed by atoms with Crippen LogP contribution in [0.2, 0.25) is 0 Å². The van der Waals surface area contributed by atoms with Crippen LogP contribution in [0.4, 0.5) is 0 Å². The first kappa shape index (κ1) is 13.6. The Bertz CT molecular complexity index is 749. The summed E-state index contributed by atoms with van der Waals surface area (Å²) in [6, 6.07) is 12.4. The van der Waals surface area contributed by atoms with E-state index in [2.05, 4.69) is 40.0 Å². The van der Waals surface area contributed by atoms with Crippen molar-refractivity contribution >= 4 is 10.9 Å². The van der Waals surface area contributed by atoms with Crippen LogP contribution in [0.25, 0.3) is 10.9 Å². The van der Waals surface area contributed by atoms with Gasteiger partial charge >= 0.3 is 0 Å². The van der Waals surface area contributed by atoms with E-state index in [0.29, 0.717) is 12.4 Å². The highest BCUT2D eigenvalue weighted by molar-refractivity contribution is 5.84. The molecule has 4 heteroatoms. The van der Waals surface area contributed by atoms with Crippen molar-refractivity contribution in [2.45, 2.75) is 13.0 Å². The molecule has 108 valence electrons. The average Bonchev–Trinajstić information content (AvgIpc) is 2.87. The van der Waals surface area contributed by atoms with Crippen LogP contribution in [0.15, 0.2) is 48.8 Å². The summed E-state index contributed by atoms with van der Waals surface area (Å²) >= 11 is 0. The van der Waals surface area contributed by atoms with Crippen molar-refractivity contribution in [2.75, 3.05) is 13.7 Å². The molecule has 0 amide bonds. The molecule has 0 saturated heterocycles. The molecular formula is C17H19N3O. The molecule has 1 aromatic carbocycles. The largest absolute Gasteiger partial charge is 0.481 e. The second-order valence-corrected chi connectivity index (χ2v) is 5.01. The molecule has 4 nitrogen and oxygen atoms in total. The Morgan fingerprint density at radius 3 is 2.81 bits per heavy atom. The molecule has 3 aromatic rings. The van der Waals surface area contributed by atoms with Gasteiger partial charge in [-0.05, 0) is 30.7 Å². The minimum absolute atomic E-state index is 0.657. The third-order valence-electron chi connectivity index (χ3n) is 3.67. The Labute approximate surface area is 124 Å². The lowest BCUT2D eigenvalue weighted by atomic mass is 10.1. The van der Waals surface area contributed by atoms with Gasteiger partial charge < -0.3 is 15.0 Å². The van der Waals surface area contributed by atoms with Crippen molar-refractivity contribution in [1.82, 2.24) is 9.55 Å². The van der Waals surface area contributed by atoms with Gasteiger partial charge in [-0.25, -0.2) is 4.98 Å². The molecule has 3 rings (SSSR count). The molecule has 0 aliphatic heterocycles. The molecule has 0 radical (unpaired) electrons. The van der Waals surface area contributed by atoms with Crippen LogP contribution in [0.3, 0.4) is 0 Å². The third kappa shape index (κ3) is 2.62. The number of rotatable bonds is 5. The zero-order valence-electron chi connectivity index (χ0n) is 12.1. The number of nitrogens with two attached hydrogens (primary N) is 1. The highest BCUT2D eigenvalue weighted by atomic mass is 16.5.